The van der Waals surface area contributed by atoms with Crippen molar-refractivity contribution in [3.63, 3.8) is 0 Å². The number of nitrogens with zero attached hydrogens (tertiary/aromatic N) is 3. The molecule has 0 aliphatic carbocycles. The van der Waals surface area contributed by atoms with Gasteiger partial charge in [-0.05, 0) is 37.3 Å². The third kappa shape index (κ3) is 4.63. The number of benzene rings is 1. The van der Waals surface area contributed by atoms with Crippen molar-refractivity contribution < 1.29 is 4.79 Å². The average Bonchev–Trinajstić information content (AvgIpc) is 2.86. The summed E-state index contributed by atoms with van der Waals surface area (Å²) in [4.78, 5) is 12.3. The van der Waals surface area contributed by atoms with Gasteiger partial charge >= 0.3 is 0 Å². The number of rotatable bonds is 6. The Bertz CT molecular complexity index is 711. The Morgan fingerprint density at radius 1 is 1.24 bits per heavy atom. The van der Waals surface area contributed by atoms with Crippen LogP contribution in [0.5, 0.6) is 0 Å². The predicted molar refractivity (Wildman–Crippen MR) is 101 cm³/mol. The second kappa shape index (κ2) is 8.52. The maximum atomic E-state index is 12.3. The lowest BCUT2D eigenvalue weighted by Crippen LogP contribution is -2.28. The van der Waals surface area contributed by atoms with E-state index in [1.165, 1.54) is 30.2 Å². The number of amides is 1. The summed E-state index contributed by atoms with van der Waals surface area (Å²) in [5.74, 6) is 1.46. The molecule has 0 bridgehead atoms. The molecule has 1 aromatic heterocycles. The molecule has 2 aromatic rings. The van der Waals surface area contributed by atoms with Gasteiger partial charge in [0.25, 0.3) is 0 Å². The van der Waals surface area contributed by atoms with Crippen LogP contribution in [-0.2, 0) is 24.2 Å². The molecule has 1 aliphatic rings. The fraction of sp³-hybridized carbons (Fsp3) is 0.526. The van der Waals surface area contributed by atoms with E-state index in [1.54, 1.807) is 0 Å². The SMILES string of the molecule is CCc1ccc([C@H](C)NC(=O)CSc2nnc3n2CCCCC3)cc1. The topological polar surface area (TPSA) is 59.8 Å². The van der Waals surface area contributed by atoms with Crippen LogP contribution in [0.4, 0.5) is 0 Å². The number of fused-ring (bicyclic) bond motifs is 1. The Morgan fingerprint density at radius 3 is 2.80 bits per heavy atom. The van der Waals surface area contributed by atoms with E-state index in [0.29, 0.717) is 5.75 Å². The minimum Gasteiger partial charge on any atom is -0.349 e. The molecule has 1 N–H and O–H groups in total. The number of carbonyl (C=O) groups excluding carboxylic acids is 1. The Morgan fingerprint density at radius 2 is 2.04 bits per heavy atom. The maximum Gasteiger partial charge on any atom is 0.230 e. The molecule has 1 atom stereocenters. The van der Waals surface area contributed by atoms with Gasteiger partial charge in [-0.1, -0.05) is 49.4 Å². The molecule has 1 aliphatic heterocycles. The van der Waals surface area contributed by atoms with Gasteiger partial charge in [0.15, 0.2) is 5.16 Å². The molecule has 25 heavy (non-hydrogen) atoms. The number of aromatic nitrogens is 3. The van der Waals surface area contributed by atoms with Gasteiger partial charge in [0.2, 0.25) is 5.91 Å². The van der Waals surface area contributed by atoms with Gasteiger partial charge in [-0.2, -0.15) is 0 Å². The lowest BCUT2D eigenvalue weighted by molar-refractivity contribution is -0.119. The van der Waals surface area contributed by atoms with Crippen molar-refractivity contribution in [2.75, 3.05) is 5.75 Å². The lowest BCUT2D eigenvalue weighted by atomic mass is 10.1. The summed E-state index contributed by atoms with van der Waals surface area (Å²) in [5.41, 5.74) is 2.44. The van der Waals surface area contributed by atoms with Crippen LogP contribution in [-0.4, -0.2) is 26.4 Å². The van der Waals surface area contributed by atoms with Gasteiger partial charge in [-0.15, -0.1) is 10.2 Å². The Balaban J connectivity index is 1.53. The zero-order valence-corrected chi connectivity index (χ0v) is 15.8. The molecular weight excluding hydrogens is 332 g/mol. The van der Waals surface area contributed by atoms with Crippen LogP contribution in [0.25, 0.3) is 0 Å². The molecule has 3 rings (SSSR count). The number of thioether (sulfide) groups is 1. The van der Waals surface area contributed by atoms with E-state index in [0.717, 1.165) is 42.4 Å². The summed E-state index contributed by atoms with van der Waals surface area (Å²) >= 11 is 1.48. The highest BCUT2D eigenvalue weighted by atomic mass is 32.2. The molecule has 1 aromatic carbocycles. The van der Waals surface area contributed by atoms with E-state index in [4.69, 9.17) is 0 Å². The Kier molecular flexibility index (Phi) is 6.13. The van der Waals surface area contributed by atoms with Crippen LogP contribution in [0.1, 0.15) is 56.1 Å². The number of hydrogen-bond donors (Lipinski definition) is 1. The van der Waals surface area contributed by atoms with E-state index >= 15 is 0 Å². The van der Waals surface area contributed by atoms with Crippen LogP contribution in [0.3, 0.4) is 0 Å². The first-order valence-corrected chi connectivity index (χ1v) is 10.1. The van der Waals surface area contributed by atoms with Crippen LogP contribution >= 0.6 is 11.8 Å². The van der Waals surface area contributed by atoms with Crippen LogP contribution in [0, 0.1) is 0 Å². The monoisotopic (exact) mass is 358 g/mol. The molecule has 0 saturated heterocycles. The number of nitrogens with one attached hydrogen (secondary N) is 1. The minimum atomic E-state index is 0.00882. The highest BCUT2D eigenvalue weighted by molar-refractivity contribution is 7.99. The van der Waals surface area contributed by atoms with Crippen LogP contribution in [0.15, 0.2) is 29.4 Å². The molecule has 6 heteroatoms. The summed E-state index contributed by atoms with van der Waals surface area (Å²) in [6.07, 6.45) is 5.60. The minimum absolute atomic E-state index is 0.00882. The normalized spacial score (nSPS) is 15.3. The Labute approximate surface area is 153 Å². The summed E-state index contributed by atoms with van der Waals surface area (Å²) < 4.78 is 2.18. The van der Waals surface area contributed by atoms with E-state index in [1.807, 2.05) is 6.92 Å². The van der Waals surface area contributed by atoms with Gasteiger partial charge in [-0.25, -0.2) is 0 Å². The van der Waals surface area contributed by atoms with Gasteiger partial charge < -0.3 is 9.88 Å². The number of hydrogen-bond acceptors (Lipinski definition) is 4. The first-order chi connectivity index (χ1) is 12.2. The molecule has 0 unspecified atom stereocenters. The summed E-state index contributed by atoms with van der Waals surface area (Å²) in [5, 5.41) is 12.5. The first kappa shape index (κ1) is 18.0. The summed E-state index contributed by atoms with van der Waals surface area (Å²) in [6.45, 7) is 5.13. The molecule has 5 nitrogen and oxygen atoms in total. The molecule has 1 amide bonds. The van der Waals surface area contributed by atoms with E-state index in [-0.39, 0.29) is 11.9 Å². The van der Waals surface area contributed by atoms with Crippen molar-refractivity contribution >= 4 is 17.7 Å². The second-order valence-electron chi connectivity index (χ2n) is 6.53. The molecule has 134 valence electrons. The van der Waals surface area contributed by atoms with Crippen molar-refractivity contribution in [1.29, 1.82) is 0 Å². The molecule has 0 spiro atoms. The van der Waals surface area contributed by atoms with Crippen molar-refractivity contribution in [2.45, 2.75) is 63.7 Å². The number of carbonyl (C=O) groups is 1. The highest BCUT2D eigenvalue weighted by Gasteiger charge is 2.17. The molecular formula is C19H26N4OS. The zero-order valence-electron chi connectivity index (χ0n) is 15.0. The lowest BCUT2D eigenvalue weighted by Gasteiger charge is -2.14. The summed E-state index contributed by atoms with van der Waals surface area (Å²) in [7, 11) is 0. The standard InChI is InChI=1S/C19H26N4OS/c1-3-15-8-10-16(11-9-15)14(2)20-18(24)13-25-19-22-21-17-7-5-4-6-12-23(17)19/h8-11,14H,3-7,12-13H2,1-2H3,(H,20,24)/t14-/m0/s1. The second-order valence-corrected chi connectivity index (χ2v) is 7.48. The van der Waals surface area contributed by atoms with E-state index in [2.05, 4.69) is 51.3 Å². The van der Waals surface area contributed by atoms with E-state index in [9.17, 15) is 4.79 Å². The first-order valence-electron chi connectivity index (χ1n) is 9.10. The van der Waals surface area contributed by atoms with Crippen LogP contribution < -0.4 is 5.32 Å². The maximum absolute atomic E-state index is 12.3. The quantitative estimate of drug-likeness (QED) is 0.803. The Hall–Kier alpha value is -1.82. The smallest absolute Gasteiger partial charge is 0.230 e. The third-order valence-corrected chi connectivity index (χ3v) is 5.64. The molecule has 0 radical (unpaired) electrons. The molecule has 0 fully saturated rings. The van der Waals surface area contributed by atoms with Crippen LogP contribution in [0.2, 0.25) is 0 Å². The van der Waals surface area contributed by atoms with Crippen molar-refractivity contribution in [3.05, 3.63) is 41.2 Å². The summed E-state index contributed by atoms with van der Waals surface area (Å²) in [6, 6.07) is 8.44. The van der Waals surface area contributed by atoms with Gasteiger partial charge in [0.05, 0.1) is 11.8 Å². The predicted octanol–water partition coefficient (Wildman–Crippen LogP) is 3.54. The van der Waals surface area contributed by atoms with Crippen molar-refractivity contribution in [2.24, 2.45) is 0 Å². The van der Waals surface area contributed by atoms with Gasteiger partial charge in [0.1, 0.15) is 5.82 Å². The third-order valence-electron chi connectivity index (χ3n) is 4.67. The van der Waals surface area contributed by atoms with E-state index < -0.39 is 0 Å². The fourth-order valence-electron chi connectivity index (χ4n) is 3.10. The highest BCUT2D eigenvalue weighted by Crippen LogP contribution is 2.22. The zero-order chi connectivity index (χ0) is 17.6. The van der Waals surface area contributed by atoms with Crippen molar-refractivity contribution in [3.8, 4) is 0 Å². The average molecular weight is 359 g/mol. The largest absolute Gasteiger partial charge is 0.349 e. The van der Waals surface area contributed by atoms with Gasteiger partial charge in [0, 0.05) is 13.0 Å². The van der Waals surface area contributed by atoms with Crippen molar-refractivity contribution in [1.82, 2.24) is 20.1 Å². The molecule has 0 saturated carbocycles. The number of aryl methyl sites for hydroxylation is 2. The van der Waals surface area contributed by atoms with Gasteiger partial charge in [-0.3, -0.25) is 4.79 Å². The molecule has 2 heterocycles. The fourth-order valence-corrected chi connectivity index (χ4v) is 3.90.